The summed E-state index contributed by atoms with van der Waals surface area (Å²) in [6.45, 7) is 0.295. The Morgan fingerprint density at radius 3 is 2.67 bits per heavy atom. The molecule has 1 aliphatic rings. The van der Waals surface area contributed by atoms with E-state index in [0.717, 1.165) is 25.7 Å². The Balaban J connectivity index is 2.00. The molecule has 21 heavy (non-hydrogen) atoms. The molecule has 0 spiro atoms. The van der Waals surface area contributed by atoms with Gasteiger partial charge in [0.25, 0.3) is 0 Å². The molecule has 1 fully saturated rings. The molecule has 0 bridgehead atoms. The molecule has 5 nitrogen and oxygen atoms in total. The fraction of sp³-hybridized carbons (Fsp3) is 0.533. The van der Waals surface area contributed by atoms with Gasteiger partial charge in [-0.1, -0.05) is 25.0 Å². The number of nitrogens with zero attached hydrogens (tertiary/aromatic N) is 1. The molecule has 0 unspecified atom stereocenters. The average molecular weight is 308 g/mol. The molecule has 6 heteroatoms. The van der Waals surface area contributed by atoms with E-state index in [0.29, 0.717) is 11.1 Å². The van der Waals surface area contributed by atoms with Crippen LogP contribution in [0, 0.1) is 16.7 Å². The van der Waals surface area contributed by atoms with E-state index < -0.39 is 10.0 Å². The van der Waals surface area contributed by atoms with Crippen LogP contribution in [0.1, 0.15) is 36.8 Å². The maximum atomic E-state index is 12.1. The van der Waals surface area contributed by atoms with E-state index in [1.165, 1.54) is 0 Å². The van der Waals surface area contributed by atoms with Crippen molar-refractivity contribution in [2.45, 2.75) is 31.4 Å². The van der Waals surface area contributed by atoms with E-state index >= 15 is 0 Å². The summed E-state index contributed by atoms with van der Waals surface area (Å²) in [4.78, 5) is 0. The third kappa shape index (κ3) is 4.27. The molecule has 0 heterocycles. The first-order chi connectivity index (χ1) is 9.99. The van der Waals surface area contributed by atoms with E-state index in [1.54, 1.807) is 24.3 Å². The van der Waals surface area contributed by atoms with Crippen LogP contribution in [0.15, 0.2) is 24.3 Å². The number of hydrogen-bond acceptors (Lipinski definition) is 4. The van der Waals surface area contributed by atoms with Crippen LogP contribution in [0.4, 0.5) is 0 Å². The predicted molar refractivity (Wildman–Crippen MR) is 79.8 cm³/mol. The molecule has 0 atom stereocenters. The molecule has 114 valence electrons. The van der Waals surface area contributed by atoms with Gasteiger partial charge in [0.2, 0.25) is 10.0 Å². The fourth-order valence-electron chi connectivity index (χ4n) is 2.78. The van der Waals surface area contributed by atoms with Gasteiger partial charge in [-0.05, 0) is 30.5 Å². The van der Waals surface area contributed by atoms with Crippen molar-refractivity contribution >= 4 is 10.0 Å². The first kappa shape index (κ1) is 16.0. The second-order valence-corrected chi connectivity index (χ2v) is 7.56. The second-order valence-electron chi connectivity index (χ2n) is 5.76. The third-order valence-corrected chi connectivity index (χ3v) is 5.38. The first-order valence-electron chi connectivity index (χ1n) is 7.06. The van der Waals surface area contributed by atoms with E-state index in [4.69, 9.17) is 5.26 Å². The van der Waals surface area contributed by atoms with Crippen LogP contribution in [-0.2, 0) is 15.8 Å². The van der Waals surface area contributed by atoms with Crippen molar-refractivity contribution in [1.82, 2.24) is 4.72 Å². The maximum absolute atomic E-state index is 12.1. The van der Waals surface area contributed by atoms with Gasteiger partial charge in [0.05, 0.1) is 17.4 Å². The fourth-order valence-corrected chi connectivity index (χ4v) is 4.03. The molecule has 0 aliphatic heterocycles. The Morgan fingerprint density at radius 1 is 1.33 bits per heavy atom. The number of sulfonamides is 1. The van der Waals surface area contributed by atoms with Crippen LogP contribution in [0.2, 0.25) is 0 Å². The maximum Gasteiger partial charge on any atom is 0.215 e. The zero-order chi connectivity index (χ0) is 15.3. The molecular weight excluding hydrogens is 288 g/mol. The van der Waals surface area contributed by atoms with Crippen molar-refractivity contribution < 1.29 is 13.5 Å². The summed E-state index contributed by atoms with van der Waals surface area (Å²) in [7, 11) is -3.47. The number of hydrogen-bond donors (Lipinski definition) is 2. The zero-order valence-electron chi connectivity index (χ0n) is 11.9. The molecular formula is C15H20N2O3S. The number of aliphatic hydroxyl groups excluding tert-OH is 1. The largest absolute Gasteiger partial charge is 0.396 e. The summed E-state index contributed by atoms with van der Waals surface area (Å²) >= 11 is 0. The highest BCUT2D eigenvalue weighted by Gasteiger charge is 2.34. The number of nitriles is 1. The zero-order valence-corrected chi connectivity index (χ0v) is 12.7. The van der Waals surface area contributed by atoms with Crippen molar-refractivity contribution in [1.29, 1.82) is 5.26 Å². The van der Waals surface area contributed by atoms with Gasteiger partial charge in [-0.2, -0.15) is 5.26 Å². The van der Waals surface area contributed by atoms with Crippen molar-refractivity contribution in [3.8, 4) is 6.07 Å². The second kappa shape index (κ2) is 6.56. The summed E-state index contributed by atoms with van der Waals surface area (Å²) in [6.07, 6.45) is 3.78. The molecule has 0 aromatic heterocycles. The van der Waals surface area contributed by atoms with Gasteiger partial charge in [0.15, 0.2) is 0 Å². The van der Waals surface area contributed by atoms with Crippen LogP contribution in [0.25, 0.3) is 0 Å². The molecule has 2 rings (SSSR count). The smallest absolute Gasteiger partial charge is 0.215 e. The van der Waals surface area contributed by atoms with E-state index in [9.17, 15) is 13.5 Å². The van der Waals surface area contributed by atoms with Crippen molar-refractivity contribution in [2.75, 3.05) is 13.2 Å². The quantitative estimate of drug-likeness (QED) is 0.834. The molecule has 2 N–H and O–H groups in total. The highest BCUT2D eigenvalue weighted by Crippen LogP contribution is 2.37. The van der Waals surface area contributed by atoms with E-state index in [1.807, 2.05) is 6.07 Å². The van der Waals surface area contributed by atoms with Gasteiger partial charge < -0.3 is 5.11 Å². The predicted octanol–water partition coefficient (Wildman–Crippen LogP) is 1.53. The first-order valence-corrected chi connectivity index (χ1v) is 8.71. The number of aliphatic hydroxyl groups is 1. The Kier molecular flexibility index (Phi) is 4.99. The monoisotopic (exact) mass is 308 g/mol. The summed E-state index contributed by atoms with van der Waals surface area (Å²) < 4.78 is 26.9. The normalized spacial score (nSPS) is 17.5. The molecule has 1 aromatic rings. The van der Waals surface area contributed by atoms with Gasteiger partial charge in [-0.15, -0.1) is 0 Å². The van der Waals surface area contributed by atoms with Gasteiger partial charge in [0, 0.05) is 18.6 Å². The standard InChI is InChI=1S/C15H20N2O3S/c16-9-13-4-3-5-14(8-13)10-21(19,20)17-11-15(12-18)6-1-2-7-15/h3-5,8,17-18H,1-2,6-7,10-12H2. The Labute approximate surface area is 125 Å². The van der Waals surface area contributed by atoms with Gasteiger partial charge >= 0.3 is 0 Å². The number of nitrogens with one attached hydrogen (secondary N) is 1. The lowest BCUT2D eigenvalue weighted by atomic mass is 9.88. The Hall–Kier alpha value is -1.42. The summed E-state index contributed by atoms with van der Waals surface area (Å²) in [5, 5.41) is 18.3. The van der Waals surface area contributed by atoms with Gasteiger partial charge in [-0.25, -0.2) is 13.1 Å². The van der Waals surface area contributed by atoms with Gasteiger partial charge in [0.1, 0.15) is 0 Å². The highest BCUT2D eigenvalue weighted by molar-refractivity contribution is 7.88. The van der Waals surface area contributed by atoms with Crippen LogP contribution in [-0.4, -0.2) is 26.7 Å². The SMILES string of the molecule is N#Cc1cccc(CS(=O)(=O)NCC2(CO)CCCC2)c1. The molecule has 0 radical (unpaired) electrons. The third-order valence-electron chi connectivity index (χ3n) is 4.08. The summed E-state index contributed by atoms with van der Waals surface area (Å²) in [6, 6.07) is 8.59. The van der Waals surface area contributed by atoms with Crippen molar-refractivity contribution in [3.05, 3.63) is 35.4 Å². The minimum Gasteiger partial charge on any atom is -0.396 e. The average Bonchev–Trinajstić information content (AvgIpc) is 2.95. The molecule has 0 amide bonds. The van der Waals surface area contributed by atoms with Crippen LogP contribution < -0.4 is 4.72 Å². The number of benzene rings is 1. The minimum atomic E-state index is -3.47. The lowest BCUT2D eigenvalue weighted by Crippen LogP contribution is -2.38. The molecule has 1 saturated carbocycles. The molecule has 1 aromatic carbocycles. The summed E-state index contributed by atoms with van der Waals surface area (Å²) in [5.41, 5.74) is 0.734. The lowest BCUT2D eigenvalue weighted by molar-refractivity contribution is 0.134. The Bertz CT molecular complexity index is 629. The van der Waals surface area contributed by atoms with Crippen molar-refractivity contribution in [3.63, 3.8) is 0 Å². The molecule has 1 aliphatic carbocycles. The highest BCUT2D eigenvalue weighted by atomic mass is 32.2. The van der Waals surface area contributed by atoms with Crippen LogP contribution in [0.5, 0.6) is 0 Å². The molecule has 0 saturated heterocycles. The summed E-state index contributed by atoms with van der Waals surface area (Å²) in [5.74, 6) is -0.149. The van der Waals surface area contributed by atoms with Crippen LogP contribution >= 0.6 is 0 Å². The Morgan fingerprint density at radius 2 is 2.05 bits per heavy atom. The van der Waals surface area contributed by atoms with Gasteiger partial charge in [-0.3, -0.25) is 0 Å². The van der Waals surface area contributed by atoms with E-state index in [2.05, 4.69) is 4.72 Å². The van der Waals surface area contributed by atoms with Crippen LogP contribution in [0.3, 0.4) is 0 Å². The number of rotatable bonds is 6. The lowest BCUT2D eigenvalue weighted by Gasteiger charge is -2.26. The van der Waals surface area contributed by atoms with Crippen molar-refractivity contribution in [2.24, 2.45) is 5.41 Å². The minimum absolute atomic E-state index is 0.0133. The topological polar surface area (TPSA) is 90.2 Å². The van der Waals surface area contributed by atoms with E-state index in [-0.39, 0.29) is 24.3 Å².